The number of hydrogen-bond acceptors (Lipinski definition) is 2. The van der Waals surface area contributed by atoms with Crippen LogP contribution in [0.15, 0.2) is 24.3 Å². The molecular weight excluding hydrogens is 184 g/mol. The van der Waals surface area contributed by atoms with Crippen LogP contribution < -0.4 is 10.6 Å². The van der Waals surface area contributed by atoms with E-state index in [9.17, 15) is 0 Å². The van der Waals surface area contributed by atoms with Crippen molar-refractivity contribution in [2.75, 3.05) is 13.1 Å². The maximum atomic E-state index is 5.81. The molecule has 1 saturated heterocycles. The first-order valence-electron chi connectivity index (χ1n) is 4.58. The lowest BCUT2D eigenvalue weighted by molar-refractivity contribution is 0.380. The van der Waals surface area contributed by atoms with E-state index in [4.69, 9.17) is 11.6 Å². The zero-order valence-corrected chi connectivity index (χ0v) is 8.14. The van der Waals surface area contributed by atoms with E-state index in [1.54, 1.807) is 0 Å². The van der Waals surface area contributed by atoms with Gasteiger partial charge in [0.1, 0.15) is 0 Å². The number of benzene rings is 1. The van der Waals surface area contributed by atoms with Crippen molar-refractivity contribution in [2.45, 2.75) is 12.6 Å². The quantitative estimate of drug-likeness (QED) is 0.717. The van der Waals surface area contributed by atoms with Crippen LogP contribution in [0.5, 0.6) is 0 Å². The number of halogens is 1. The highest BCUT2D eigenvalue weighted by molar-refractivity contribution is 6.30. The molecule has 3 heteroatoms. The van der Waals surface area contributed by atoms with Gasteiger partial charge in [-0.05, 0) is 37.2 Å². The molecule has 2 N–H and O–H groups in total. The Balaban J connectivity index is 2.10. The summed E-state index contributed by atoms with van der Waals surface area (Å²) in [5, 5.41) is 7.59. The fourth-order valence-corrected chi connectivity index (χ4v) is 1.67. The molecule has 0 saturated carbocycles. The van der Waals surface area contributed by atoms with Crippen molar-refractivity contribution in [3.8, 4) is 0 Å². The second-order valence-electron chi connectivity index (χ2n) is 3.25. The Morgan fingerprint density at radius 2 is 1.69 bits per heavy atom. The van der Waals surface area contributed by atoms with Crippen LogP contribution in [0.25, 0.3) is 0 Å². The lowest BCUT2D eigenvalue weighted by Crippen LogP contribution is -2.41. The summed E-state index contributed by atoms with van der Waals surface area (Å²) in [4.78, 5) is 0. The minimum Gasteiger partial charge on any atom is -0.298 e. The summed E-state index contributed by atoms with van der Waals surface area (Å²) < 4.78 is 0. The Morgan fingerprint density at radius 3 is 2.31 bits per heavy atom. The first-order chi connectivity index (χ1) is 6.36. The SMILES string of the molecule is Clc1ccc(C2NCCCN2)cc1. The molecule has 13 heavy (non-hydrogen) atoms. The average Bonchev–Trinajstić information content (AvgIpc) is 2.20. The molecule has 1 aliphatic heterocycles. The fourth-order valence-electron chi connectivity index (χ4n) is 1.54. The Morgan fingerprint density at radius 1 is 1.08 bits per heavy atom. The van der Waals surface area contributed by atoms with Crippen LogP contribution in [0, 0.1) is 0 Å². The lowest BCUT2D eigenvalue weighted by atomic mass is 10.1. The molecule has 70 valence electrons. The van der Waals surface area contributed by atoms with E-state index in [-0.39, 0.29) is 0 Å². The molecule has 2 nitrogen and oxygen atoms in total. The number of nitrogens with one attached hydrogen (secondary N) is 2. The fraction of sp³-hybridized carbons (Fsp3) is 0.400. The Labute approximate surface area is 83.3 Å². The van der Waals surface area contributed by atoms with Crippen LogP contribution in [0.4, 0.5) is 0 Å². The molecule has 1 aromatic rings. The molecule has 0 aliphatic carbocycles. The van der Waals surface area contributed by atoms with E-state index in [1.807, 2.05) is 12.1 Å². The molecule has 0 radical (unpaired) electrons. The summed E-state index contributed by atoms with van der Waals surface area (Å²) >= 11 is 5.81. The summed E-state index contributed by atoms with van der Waals surface area (Å²) in [7, 11) is 0. The number of rotatable bonds is 1. The standard InChI is InChI=1S/C10H13ClN2/c11-9-4-2-8(3-5-9)10-12-6-1-7-13-10/h2-5,10,12-13H,1,6-7H2. The largest absolute Gasteiger partial charge is 0.298 e. The first kappa shape index (κ1) is 9.00. The van der Waals surface area contributed by atoms with Gasteiger partial charge in [0.2, 0.25) is 0 Å². The van der Waals surface area contributed by atoms with Gasteiger partial charge >= 0.3 is 0 Å². The molecular formula is C10H13ClN2. The van der Waals surface area contributed by atoms with E-state index in [0.29, 0.717) is 6.17 Å². The van der Waals surface area contributed by atoms with Crippen molar-refractivity contribution >= 4 is 11.6 Å². The van der Waals surface area contributed by atoms with Crippen molar-refractivity contribution in [2.24, 2.45) is 0 Å². The third kappa shape index (κ3) is 2.21. The maximum Gasteiger partial charge on any atom is 0.0835 e. The van der Waals surface area contributed by atoms with Crippen LogP contribution in [-0.4, -0.2) is 13.1 Å². The highest BCUT2D eigenvalue weighted by Gasteiger charge is 2.12. The number of hydrogen-bond donors (Lipinski definition) is 2. The highest BCUT2D eigenvalue weighted by atomic mass is 35.5. The molecule has 1 heterocycles. The zero-order chi connectivity index (χ0) is 9.10. The monoisotopic (exact) mass is 196 g/mol. The van der Waals surface area contributed by atoms with E-state index < -0.39 is 0 Å². The third-order valence-corrected chi connectivity index (χ3v) is 2.51. The Hall–Kier alpha value is -0.570. The maximum absolute atomic E-state index is 5.81. The minimum atomic E-state index is 0.297. The molecule has 0 amide bonds. The van der Waals surface area contributed by atoms with E-state index in [0.717, 1.165) is 18.1 Å². The summed E-state index contributed by atoms with van der Waals surface area (Å²) in [5.41, 5.74) is 1.25. The van der Waals surface area contributed by atoms with Crippen LogP contribution in [-0.2, 0) is 0 Å². The van der Waals surface area contributed by atoms with Gasteiger partial charge < -0.3 is 0 Å². The first-order valence-corrected chi connectivity index (χ1v) is 4.96. The highest BCUT2D eigenvalue weighted by Crippen LogP contribution is 2.15. The topological polar surface area (TPSA) is 24.1 Å². The summed E-state index contributed by atoms with van der Waals surface area (Å²) in [5.74, 6) is 0. The van der Waals surface area contributed by atoms with Crippen LogP contribution in [0.1, 0.15) is 18.2 Å². The van der Waals surface area contributed by atoms with Gasteiger partial charge in [-0.2, -0.15) is 0 Å². The molecule has 0 spiro atoms. The van der Waals surface area contributed by atoms with E-state index in [1.165, 1.54) is 12.0 Å². The smallest absolute Gasteiger partial charge is 0.0835 e. The zero-order valence-electron chi connectivity index (χ0n) is 7.39. The summed E-state index contributed by atoms with van der Waals surface area (Å²) in [6.07, 6.45) is 1.50. The second kappa shape index (κ2) is 4.09. The van der Waals surface area contributed by atoms with Gasteiger partial charge in [-0.25, -0.2) is 0 Å². The van der Waals surface area contributed by atoms with Gasteiger partial charge in [0.15, 0.2) is 0 Å². The van der Waals surface area contributed by atoms with Gasteiger partial charge in [-0.15, -0.1) is 0 Å². The van der Waals surface area contributed by atoms with Gasteiger partial charge in [-0.1, -0.05) is 23.7 Å². The Bertz CT molecular complexity index is 265. The predicted octanol–water partition coefficient (Wildman–Crippen LogP) is 1.92. The van der Waals surface area contributed by atoms with Crippen molar-refractivity contribution in [1.82, 2.24) is 10.6 Å². The molecule has 0 unspecified atom stereocenters. The Kier molecular flexibility index (Phi) is 2.83. The van der Waals surface area contributed by atoms with Gasteiger partial charge in [-0.3, -0.25) is 10.6 Å². The molecule has 0 bridgehead atoms. The van der Waals surface area contributed by atoms with Crippen molar-refractivity contribution < 1.29 is 0 Å². The van der Waals surface area contributed by atoms with Gasteiger partial charge in [0, 0.05) is 5.02 Å². The third-order valence-electron chi connectivity index (χ3n) is 2.25. The molecule has 1 fully saturated rings. The van der Waals surface area contributed by atoms with Gasteiger partial charge in [0.25, 0.3) is 0 Å². The molecule has 2 rings (SSSR count). The van der Waals surface area contributed by atoms with Crippen molar-refractivity contribution in [3.63, 3.8) is 0 Å². The average molecular weight is 197 g/mol. The summed E-state index contributed by atoms with van der Waals surface area (Å²) in [6.45, 7) is 2.17. The molecule has 0 atom stereocenters. The second-order valence-corrected chi connectivity index (χ2v) is 3.68. The van der Waals surface area contributed by atoms with Crippen molar-refractivity contribution in [1.29, 1.82) is 0 Å². The van der Waals surface area contributed by atoms with Crippen LogP contribution >= 0.6 is 11.6 Å². The van der Waals surface area contributed by atoms with E-state index in [2.05, 4.69) is 22.8 Å². The normalized spacial score (nSPS) is 18.8. The van der Waals surface area contributed by atoms with Crippen LogP contribution in [0.2, 0.25) is 5.02 Å². The van der Waals surface area contributed by atoms with Crippen molar-refractivity contribution in [3.05, 3.63) is 34.9 Å². The van der Waals surface area contributed by atoms with Gasteiger partial charge in [0.05, 0.1) is 6.17 Å². The summed E-state index contributed by atoms with van der Waals surface area (Å²) in [6, 6.07) is 7.96. The van der Waals surface area contributed by atoms with E-state index >= 15 is 0 Å². The molecule has 1 aliphatic rings. The van der Waals surface area contributed by atoms with Crippen LogP contribution in [0.3, 0.4) is 0 Å². The lowest BCUT2D eigenvalue weighted by Gasteiger charge is -2.25. The predicted molar refractivity (Wildman–Crippen MR) is 54.8 cm³/mol. The molecule has 0 aromatic heterocycles. The minimum absolute atomic E-state index is 0.297. The molecule has 1 aromatic carbocycles.